The molecule has 0 atom stereocenters. The summed E-state index contributed by atoms with van der Waals surface area (Å²) in [5.41, 5.74) is 9.38. The summed E-state index contributed by atoms with van der Waals surface area (Å²) in [5.74, 6) is -0.833. The molecule has 1 aromatic rings. The van der Waals surface area contributed by atoms with Gasteiger partial charge in [-0.3, -0.25) is 15.5 Å². The molecule has 6 nitrogen and oxygen atoms in total. The van der Waals surface area contributed by atoms with Gasteiger partial charge >= 0.3 is 0 Å². The van der Waals surface area contributed by atoms with Crippen LogP contribution in [0.5, 0.6) is 0 Å². The second-order valence-corrected chi connectivity index (χ2v) is 2.93. The van der Waals surface area contributed by atoms with Crippen molar-refractivity contribution in [1.82, 2.24) is 4.98 Å². The van der Waals surface area contributed by atoms with E-state index in [0.717, 1.165) is 12.6 Å². The number of aliphatic carboxylic acids is 1. The van der Waals surface area contributed by atoms with Crippen molar-refractivity contribution in [1.29, 1.82) is 0 Å². The molecule has 1 radical (unpaired) electrons. The minimum Gasteiger partial charge on any atom is -0.515 e. The van der Waals surface area contributed by atoms with Crippen molar-refractivity contribution in [3.05, 3.63) is 35.5 Å². The van der Waals surface area contributed by atoms with Gasteiger partial charge in [-0.25, -0.2) is 0 Å². The second kappa shape index (κ2) is 11.2. The number of hydrogen-bond donors (Lipinski definition) is 2. The largest absolute Gasteiger partial charge is 0.515 e. The van der Waals surface area contributed by atoms with E-state index in [0.29, 0.717) is 0 Å². The van der Waals surface area contributed by atoms with E-state index in [1.54, 1.807) is 6.20 Å². The maximum absolute atomic E-state index is 9.00. The first-order valence-electron chi connectivity index (χ1n) is 4.18. The van der Waals surface area contributed by atoms with Crippen molar-refractivity contribution < 1.29 is 27.0 Å². The van der Waals surface area contributed by atoms with E-state index in [9.17, 15) is 0 Å². The van der Waals surface area contributed by atoms with Crippen molar-refractivity contribution in [2.24, 2.45) is 10.8 Å². The standard InChI is InChI=1S/C7H8N4S.C2H4O2.Cu/c8-7(12)11-10-5-6-3-1-2-4-9-6;1-2(3)4;/h1-5H,(H3,8,9,11,12);1H3,(H,3,4);. The van der Waals surface area contributed by atoms with Crippen LogP contribution in [0.4, 0.5) is 0 Å². The van der Waals surface area contributed by atoms with Gasteiger partial charge in [-0.2, -0.15) is 0 Å². The summed E-state index contributed by atoms with van der Waals surface area (Å²) in [6.07, 6.45) is 3.18. The summed E-state index contributed by atoms with van der Waals surface area (Å²) in [5, 5.41) is 11.2. The van der Waals surface area contributed by atoms with E-state index in [4.69, 9.17) is 15.6 Å². The van der Waals surface area contributed by atoms with Crippen LogP contribution < -0.4 is 5.73 Å². The van der Waals surface area contributed by atoms with Crippen LogP contribution in [0.25, 0.3) is 5.43 Å². The number of nitrogens with two attached hydrogens (primary N) is 1. The zero-order valence-corrected chi connectivity index (χ0v) is 10.7. The number of pyridine rings is 1. The Morgan fingerprint density at radius 2 is 2.24 bits per heavy atom. The number of nitrogens with zero attached hydrogens (tertiary/aromatic N) is 3. The predicted octanol–water partition coefficient (Wildman–Crippen LogP) is 0.203. The van der Waals surface area contributed by atoms with Crippen molar-refractivity contribution in [2.75, 3.05) is 0 Å². The molecular weight excluding hydrogens is 292 g/mol. The molecule has 0 aromatic carbocycles. The minimum absolute atomic E-state index is 0. The Bertz CT molecular complexity index is 369. The Morgan fingerprint density at radius 1 is 1.65 bits per heavy atom. The molecule has 0 spiro atoms. The van der Waals surface area contributed by atoms with Crippen LogP contribution in [0, 0.1) is 0 Å². The van der Waals surface area contributed by atoms with Gasteiger partial charge < -0.3 is 15.6 Å². The van der Waals surface area contributed by atoms with Gasteiger partial charge in [-0.1, -0.05) is 6.07 Å². The molecule has 0 fully saturated rings. The summed E-state index contributed by atoms with van der Waals surface area (Å²) in [7, 11) is 0. The van der Waals surface area contributed by atoms with Crippen LogP contribution in [0.2, 0.25) is 0 Å². The molecule has 97 valence electrons. The molecule has 0 unspecified atom stereocenters. The fourth-order valence-electron chi connectivity index (χ4n) is 0.600. The summed E-state index contributed by atoms with van der Waals surface area (Å²) in [4.78, 5) is 13.0. The number of thiol groups is 1. The van der Waals surface area contributed by atoms with Crippen LogP contribution in [0.15, 0.2) is 29.5 Å². The van der Waals surface area contributed by atoms with Gasteiger partial charge in [0, 0.05) is 36.4 Å². The number of aromatic nitrogens is 1. The van der Waals surface area contributed by atoms with Gasteiger partial charge in [-0.15, -0.1) is 0 Å². The molecule has 0 bridgehead atoms. The van der Waals surface area contributed by atoms with Crippen LogP contribution >= 0.6 is 0 Å². The zero-order valence-electron chi connectivity index (χ0n) is 8.91. The Morgan fingerprint density at radius 3 is 2.65 bits per heavy atom. The van der Waals surface area contributed by atoms with Gasteiger partial charge in [-0.05, 0) is 12.1 Å². The van der Waals surface area contributed by atoms with E-state index in [1.807, 2.05) is 18.2 Å². The molecule has 8 heteroatoms. The summed E-state index contributed by atoms with van der Waals surface area (Å²) in [6.45, 7) is 1.08. The van der Waals surface area contributed by atoms with Crippen LogP contribution in [-0.2, 0) is 34.1 Å². The Balaban J connectivity index is 0. The van der Waals surface area contributed by atoms with Crippen LogP contribution in [0.3, 0.4) is 0 Å². The smallest absolute Gasteiger partial charge is 0.300 e. The summed E-state index contributed by atoms with van der Waals surface area (Å²) in [6, 6.07) is 5.50. The van der Waals surface area contributed by atoms with E-state index < -0.39 is 5.97 Å². The van der Waals surface area contributed by atoms with Crippen LogP contribution in [0.1, 0.15) is 12.6 Å². The first-order valence-corrected chi connectivity index (χ1v) is 4.63. The molecule has 1 heterocycles. The molecule has 1 rings (SSSR count). The number of carbonyl (C=O) groups is 1. The maximum atomic E-state index is 9.00. The third kappa shape index (κ3) is 14.7. The van der Waals surface area contributed by atoms with Crippen molar-refractivity contribution >= 4 is 29.5 Å². The molecule has 1 aromatic heterocycles. The van der Waals surface area contributed by atoms with Crippen molar-refractivity contribution in [3.63, 3.8) is 0 Å². The minimum atomic E-state index is -0.833. The number of carboxylic acid groups (broad SMARTS) is 1. The Labute approximate surface area is 115 Å². The molecule has 0 amide bonds. The number of hydrogen-bond acceptors (Lipinski definition) is 3. The molecule has 0 saturated heterocycles. The first kappa shape index (κ1) is 18.0. The van der Waals surface area contributed by atoms with Crippen LogP contribution in [-0.4, -0.2) is 27.4 Å². The fourth-order valence-corrected chi connectivity index (χ4v) is 0.651. The Hall–Kier alpha value is -1.34. The van der Waals surface area contributed by atoms with Gasteiger partial charge in [0.2, 0.25) is 0 Å². The van der Waals surface area contributed by atoms with Gasteiger partial charge in [0.25, 0.3) is 5.97 Å². The molecule has 0 saturated carbocycles. The summed E-state index contributed by atoms with van der Waals surface area (Å²) < 4.78 is 0. The van der Waals surface area contributed by atoms with Gasteiger partial charge in [0.1, 0.15) is 0 Å². The van der Waals surface area contributed by atoms with E-state index in [1.165, 1.54) is 6.21 Å². The quantitative estimate of drug-likeness (QED) is 0.203. The molecule has 3 N–H and O–H groups in total. The Kier molecular flexibility index (Phi) is 11.8. The molecule has 17 heavy (non-hydrogen) atoms. The van der Waals surface area contributed by atoms with Gasteiger partial charge in [0.05, 0.1) is 5.69 Å². The molecule has 0 aliphatic carbocycles. The first-order chi connectivity index (χ1) is 7.52. The third-order valence-electron chi connectivity index (χ3n) is 1.04. The predicted molar refractivity (Wildman–Crippen MR) is 66.5 cm³/mol. The average molecular weight is 304 g/mol. The monoisotopic (exact) mass is 303 g/mol. The number of carboxylic acids is 1. The summed E-state index contributed by atoms with van der Waals surface area (Å²) >= 11 is 3.74. The number of rotatable bonds is 2. The molecule has 0 aliphatic rings. The van der Waals surface area contributed by atoms with E-state index in [-0.39, 0.29) is 22.2 Å². The van der Waals surface area contributed by atoms with E-state index in [2.05, 4.69) is 27.7 Å². The van der Waals surface area contributed by atoms with Gasteiger partial charge in [0.15, 0.2) is 17.3 Å². The third-order valence-corrected chi connectivity index (χ3v) is 1.13. The van der Waals surface area contributed by atoms with Crippen molar-refractivity contribution in [2.45, 2.75) is 6.92 Å². The maximum Gasteiger partial charge on any atom is 0.300 e. The zero-order chi connectivity index (χ0) is 12.4. The average Bonchev–Trinajstić information content (AvgIpc) is 2.18. The topological polar surface area (TPSA) is 103 Å². The van der Waals surface area contributed by atoms with Crippen molar-refractivity contribution in [3.8, 4) is 0 Å². The van der Waals surface area contributed by atoms with E-state index >= 15 is 0 Å². The normalized spacial score (nSPS) is 8.59. The SMILES string of the molecule is CC(=O)O.NC(=[SH+])[N-]N=Cc1ccccn1.[Cu]. The second-order valence-electron chi connectivity index (χ2n) is 2.48. The fraction of sp³-hybridized carbons (Fsp3) is 0.111. The molecular formula is C9H12CuN4O2S. The molecule has 0 aliphatic heterocycles.